The summed E-state index contributed by atoms with van der Waals surface area (Å²) in [6, 6.07) is 21.5. The number of carbonyl (C=O) groups is 2. The molecule has 3 rings (SSSR count). The van der Waals surface area contributed by atoms with Gasteiger partial charge in [0, 0.05) is 11.3 Å². The number of carbonyl (C=O) groups excluding carboxylic acids is 2. The molecule has 0 spiro atoms. The summed E-state index contributed by atoms with van der Waals surface area (Å²) in [7, 11) is 1.51. The van der Waals surface area contributed by atoms with Crippen molar-refractivity contribution >= 4 is 29.3 Å². The second-order valence-electron chi connectivity index (χ2n) is 6.75. The van der Waals surface area contributed by atoms with Gasteiger partial charge >= 0.3 is 0 Å². The van der Waals surface area contributed by atoms with Crippen LogP contribution in [-0.2, 0) is 9.59 Å². The van der Waals surface area contributed by atoms with Crippen LogP contribution in [0.2, 0.25) is 0 Å². The van der Waals surface area contributed by atoms with Gasteiger partial charge in [-0.25, -0.2) is 0 Å². The number of para-hydroxylation sites is 3. The van der Waals surface area contributed by atoms with E-state index in [2.05, 4.69) is 10.6 Å². The van der Waals surface area contributed by atoms with Gasteiger partial charge in [-0.2, -0.15) is 5.26 Å². The van der Waals surface area contributed by atoms with Gasteiger partial charge in [0.05, 0.1) is 12.8 Å². The molecule has 8 heteroatoms. The lowest BCUT2D eigenvalue weighted by molar-refractivity contribution is -0.118. The van der Waals surface area contributed by atoms with E-state index >= 15 is 0 Å². The molecule has 2 amide bonds. The van der Waals surface area contributed by atoms with Gasteiger partial charge in [-0.15, -0.1) is 0 Å². The van der Waals surface area contributed by atoms with Crippen LogP contribution in [0.4, 0.5) is 11.4 Å². The summed E-state index contributed by atoms with van der Waals surface area (Å²) < 4.78 is 10.8. The Hall–Kier alpha value is -4.77. The fourth-order valence-electron chi connectivity index (χ4n) is 2.86. The van der Waals surface area contributed by atoms with Crippen molar-refractivity contribution in [1.82, 2.24) is 0 Å². The van der Waals surface area contributed by atoms with Gasteiger partial charge in [0.2, 0.25) is 0 Å². The molecule has 3 aromatic rings. The molecule has 0 saturated carbocycles. The molecule has 0 fully saturated rings. The minimum absolute atomic E-state index is 0.0601. The molecular formula is C25H21N3O5. The number of hydrogen-bond donors (Lipinski definition) is 3. The molecule has 3 aromatic carbocycles. The van der Waals surface area contributed by atoms with E-state index < -0.39 is 11.8 Å². The Balaban J connectivity index is 1.70. The standard InChI is InChI=1S/C25H21N3O5/c1-32-23-9-5-3-7-21(23)28-24(30)16-33-22-8-4-2-6-17(22)14-18(15-26)25(31)27-19-10-12-20(29)13-11-19/h2-14,29H,16H2,1H3,(H,27,31)(H,28,30)/b18-14+. The number of nitrogens with one attached hydrogen (secondary N) is 2. The van der Waals surface area contributed by atoms with Crippen LogP contribution in [0, 0.1) is 11.3 Å². The molecular weight excluding hydrogens is 422 g/mol. The first kappa shape index (κ1) is 22.9. The molecule has 0 heterocycles. The monoisotopic (exact) mass is 443 g/mol. The predicted octanol–water partition coefficient (Wildman–Crippen LogP) is 3.96. The van der Waals surface area contributed by atoms with E-state index in [1.165, 1.54) is 37.5 Å². The Morgan fingerprint density at radius 1 is 0.970 bits per heavy atom. The maximum atomic E-state index is 12.5. The number of rotatable bonds is 8. The summed E-state index contributed by atoms with van der Waals surface area (Å²) in [6.45, 7) is -0.287. The van der Waals surface area contributed by atoms with Gasteiger partial charge in [0.1, 0.15) is 28.9 Å². The van der Waals surface area contributed by atoms with E-state index in [4.69, 9.17) is 9.47 Å². The molecule has 0 aliphatic heterocycles. The van der Waals surface area contributed by atoms with Crippen LogP contribution in [0.15, 0.2) is 78.4 Å². The number of ether oxygens (including phenoxy) is 2. The largest absolute Gasteiger partial charge is 0.508 e. The highest BCUT2D eigenvalue weighted by Gasteiger charge is 2.13. The summed E-state index contributed by atoms with van der Waals surface area (Å²) in [5, 5.41) is 24.1. The van der Waals surface area contributed by atoms with Crippen LogP contribution < -0.4 is 20.1 Å². The maximum absolute atomic E-state index is 12.5. The fraction of sp³-hybridized carbons (Fsp3) is 0.0800. The number of phenolic OH excluding ortho intramolecular Hbond substituents is 1. The molecule has 0 saturated heterocycles. The van der Waals surface area contributed by atoms with Crippen LogP contribution in [0.3, 0.4) is 0 Å². The molecule has 0 unspecified atom stereocenters. The van der Waals surface area contributed by atoms with Crippen molar-refractivity contribution in [1.29, 1.82) is 5.26 Å². The van der Waals surface area contributed by atoms with E-state index in [9.17, 15) is 20.0 Å². The number of nitrogens with zero attached hydrogens (tertiary/aromatic N) is 1. The van der Waals surface area contributed by atoms with E-state index in [-0.39, 0.29) is 17.9 Å². The molecule has 0 aliphatic rings. The molecule has 0 atom stereocenters. The van der Waals surface area contributed by atoms with Gasteiger partial charge in [-0.3, -0.25) is 9.59 Å². The first-order chi connectivity index (χ1) is 16.0. The van der Waals surface area contributed by atoms with E-state index in [1.54, 1.807) is 48.5 Å². The Labute approximate surface area is 190 Å². The van der Waals surface area contributed by atoms with E-state index in [0.29, 0.717) is 28.4 Å². The highest BCUT2D eigenvalue weighted by atomic mass is 16.5. The molecule has 8 nitrogen and oxygen atoms in total. The van der Waals surface area contributed by atoms with Crippen LogP contribution >= 0.6 is 0 Å². The van der Waals surface area contributed by atoms with Gasteiger partial charge in [0.25, 0.3) is 11.8 Å². The summed E-state index contributed by atoms with van der Waals surface area (Å²) >= 11 is 0. The minimum Gasteiger partial charge on any atom is -0.508 e. The smallest absolute Gasteiger partial charge is 0.266 e. The average Bonchev–Trinajstić information content (AvgIpc) is 2.83. The normalized spacial score (nSPS) is 10.6. The van der Waals surface area contributed by atoms with Gasteiger partial charge < -0.3 is 25.2 Å². The SMILES string of the molecule is COc1ccccc1NC(=O)COc1ccccc1/C=C(\C#N)C(=O)Nc1ccc(O)cc1. The zero-order chi connectivity index (χ0) is 23.6. The highest BCUT2D eigenvalue weighted by Crippen LogP contribution is 2.24. The summed E-state index contributed by atoms with van der Waals surface area (Å²) in [5.41, 5.74) is 1.24. The lowest BCUT2D eigenvalue weighted by Gasteiger charge is -2.12. The first-order valence-corrected chi connectivity index (χ1v) is 9.87. The lowest BCUT2D eigenvalue weighted by Crippen LogP contribution is -2.20. The summed E-state index contributed by atoms with van der Waals surface area (Å²) in [6.07, 6.45) is 1.38. The molecule has 0 bridgehead atoms. The Kier molecular flexibility index (Phi) is 7.65. The lowest BCUT2D eigenvalue weighted by atomic mass is 10.1. The Morgan fingerprint density at radius 3 is 2.33 bits per heavy atom. The third kappa shape index (κ3) is 6.35. The number of hydrogen-bond acceptors (Lipinski definition) is 6. The summed E-state index contributed by atoms with van der Waals surface area (Å²) in [5.74, 6) is -0.106. The second kappa shape index (κ2) is 11.0. The predicted molar refractivity (Wildman–Crippen MR) is 124 cm³/mol. The van der Waals surface area contributed by atoms with Crippen molar-refractivity contribution in [2.75, 3.05) is 24.4 Å². The Morgan fingerprint density at radius 2 is 1.64 bits per heavy atom. The van der Waals surface area contributed by atoms with Crippen molar-refractivity contribution in [3.05, 3.63) is 83.9 Å². The maximum Gasteiger partial charge on any atom is 0.266 e. The van der Waals surface area contributed by atoms with Crippen molar-refractivity contribution in [3.63, 3.8) is 0 Å². The number of phenols is 1. The second-order valence-corrected chi connectivity index (χ2v) is 6.75. The van der Waals surface area contributed by atoms with Gasteiger partial charge in [-0.1, -0.05) is 30.3 Å². The quantitative estimate of drug-likeness (QED) is 0.275. The molecule has 0 aromatic heterocycles. The molecule has 0 radical (unpaired) electrons. The highest BCUT2D eigenvalue weighted by molar-refractivity contribution is 6.09. The molecule has 0 aliphatic carbocycles. The van der Waals surface area contributed by atoms with Crippen LogP contribution in [0.25, 0.3) is 6.08 Å². The third-order valence-corrected chi connectivity index (χ3v) is 4.45. The zero-order valence-electron chi connectivity index (χ0n) is 17.7. The molecule has 166 valence electrons. The minimum atomic E-state index is -0.619. The number of anilines is 2. The van der Waals surface area contributed by atoms with Crippen molar-refractivity contribution in [2.24, 2.45) is 0 Å². The Bertz CT molecular complexity index is 1210. The number of aromatic hydroxyl groups is 1. The number of methoxy groups -OCH3 is 1. The van der Waals surface area contributed by atoms with Gasteiger partial charge in [0.15, 0.2) is 6.61 Å². The molecule has 3 N–H and O–H groups in total. The summed E-state index contributed by atoms with van der Waals surface area (Å²) in [4.78, 5) is 24.8. The van der Waals surface area contributed by atoms with Crippen molar-refractivity contribution in [2.45, 2.75) is 0 Å². The van der Waals surface area contributed by atoms with Crippen molar-refractivity contribution in [3.8, 4) is 23.3 Å². The van der Waals surface area contributed by atoms with Crippen LogP contribution in [-0.4, -0.2) is 30.6 Å². The van der Waals surface area contributed by atoms with E-state index in [0.717, 1.165) is 0 Å². The van der Waals surface area contributed by atoms with Crippen molar-refractivity contribution < 1.29 is 24.2 Å². The number of amides is 2. The topological polar surface area (TPSA) is 121 Å². The number of benzene rings is 3. The first-order valence-electron chi connectivity index (χ1n) is 9.87. The fourth-order valence-corrected chi connectivity index (χ4v) is 2.86. The van der Waals surface area contributed by atoms with E-state index in [1.807, 2.05) is 6.07 Å². The van der Waals surface area contributed by atoms with Crippen LogP contribution in [0.5, 0.6) is 17.2 Å². The third-order valence-electron chi connectivity index (χ3n) is 4.45. The number of nitriles is 1. The average molecular weight is 443 g/mol. The van der Waals surface area contributed by atoms with Gasteiger partial charge in [-0.05, 0) is 48.5 Å². The zero-order valence-corrected chi connectivity index (χ0v) is 17.7. The molecule has 33 heavy (non-hydrogen) atoms. The van der Waals surface area contributed by atoms with Crippen LogP contribution in [0.1, 0.15) is 5.56 Å².